The van der Waals surface area contributed by atoms with Gasteiger partial charge in [-0.3, -0.25) is 0 Å². The molecular formula is C60H37NO3. The van der Waals surface area contributed by atoms with E-state index >= 15 is 0 Å². The molecular weight excluding hydrogens is 783 g/mol. The van der Waals surface area contributed by atoms with Gasteiger partial charge in [0.1, 0.15) is 33.5 Å². The summed E-state index contributed by atoms with van der Waals surface area (Å²) in [7, 11) is 0. The van der Waals surface area contributed by atoms with Crippen LogP contribution in [0.1, 0.15) is 0 Å². The van der Waals surface area contributed by atoms with Crippen LogP contribution in [0.15, 0.2) is 238 Å². The number of anilines is 3. The molecule has 4 nitrogen and oxygen atoms in total. The van der Waals surface area contributed by atoms with Gasteiger partial charge in [0.15, 0.2) is 0 Å². The molecule has 0 bridgehead atoms. The molecule has 0 aliphatic carbocycles. The van der Waals surface area contributed by atoms with Gasteiger partial charge in [0.05, 0.1) is 0 Å². The Hall–Kier alpha value is -8.60. The van der Waals surface area contributed by atoms with E-state index in [0.717, 1.165) is 122 Å². The van der Waals surface area contributed by atoms with Crippen LogP contribution in [0.4, 0.5) is 17.1 Å². The van der Waals surface area contributed by atoms with Crippen LogP contribution in [-0.4, -0.2) is 0 Å². The van der Waals surface area contributed by atoms with Gasteiger partial charge in [0.25, 0.3) is 0 Å². The lowest BCUT2D eigenvalue weighted by molar-refractivity contribution is 0.668. The molecule has 10 aromatic carbocycles. The topological polar surface area (TPSA) is 42.7 Å². The lowest BCUT2D eigenvalue weighted by Gasteiger charge is -2.26. The molecule has 0 spiro atoms. The van der Waals surface area contributed by atoms with Gasteiger partial charge in [0.2, 0.25) is 0 Å². The number of nitrogens with zero attached hydrogens (tertiary/aromatic N) is 1. The summed E-state index contributed by atoms with van der Waals surface area (Å²) in [5, 5.41) is 6.74. The Balaban J connectivity index is 0.884. The average molecular weight is 820 g/mol. The minimum Gasteiger partial charge on any atom is -0.456 e. The Morgan fingerprint density at radius 1 is 0.234 bits per heavy atom. The fraction of sp³-hybridized carbons (Fsp3) is 0. The zero-order valence-corrected chi connectivity index (χ0v) is 34.5. The van der Waals surface area contributed by atoms with Gasteiger partial charge in [-0.05, 0) is 129 Å². The minimum atomic E-state index is 0.877. The van der Waals surface area contributed by atoms with Crippen molar-refractivity contribution in [3.05, 3.63) is 224 Å². The van der Waals surface area contributed by atoms with Gasteiger partial charge >= 0.3 is 0 Å². The van der Waals surface area contributed by atoms with E-state index in [-0.39, 0.29) is 0 Å². The first-order valence-electron chi connectivity index (χ1n) is 21.6. The highest BCUT2D eigenvalue weighted by Crippen LogP contribution is 2.43. The second-order valence-corrected chi connectivity index (χ2v) is 16.4. The van der Waals surface area contributed by atoms with E-state index in [2.05, 4.69) is 187 Å². The molecule has 0 unspecified atom stereocenters. The van der Waals surface area contributed by atoms with Crippen molar-refractivity contribution in [3.8, 4) is 44.5 Å². The fourth-order valence-electron chi connectivity index (χ4n) is 9.63. The van der Waals surface area contributed by atoms with Gasteiger partial charge in [-0.15, -0.1) is 0 Å². The van der Waals surface area contributed by atoms with Gasteiger partial charge in [0, 0.05) is 49.4 Å². The maximum absolute atomic E-state index is 6.50. The predicted octanol–water partition coefficient (Wildman–Crippen LogP) is 17.5. The summed E-state index contributed by atoms with van der Waals surface area (Å²) in [6, 6.07) is 79.2. The lowest BCUT2D eigenvalue weighted by atomic mass is 9.98. The number of para-hydroxylation sites is 2. The van der Waals surface area contributed by atoms with E-state index in [9.17, 15) is 0 Å². The molecule has 0 saturated heterocycles. The minimum absolute atomic E-state index is 0.877. The number of benzene rings is 10. The molecule has 13 aromatic rings. The van der Waals surface area contributed by atoms with Crippen LogP contribution in [0.5, 0.6) is 0 Å². The third-order valence-corrected chi connectivity index (χ3v) is 12.7. The second-order valence-electron chi connectivity index (χ2n) is 16.4. The molecule has 0 saturated carbocycles. The SMILES string of the molecule is c1ccc(-c2ccc3c(c2)oc2cc(-c4ccc(N(c5ccc(-c6cccc7oc8ccccc8c67)cc5)c5ccc(-c6cccc7oc8ccccc8c67)cc5)cc4)ccc23)cc1. The molecule has 0 aliphatic heterocycles. The Labute approximate surface area is 368 Å². The van der Waals surface area contributed by atoms with E-state index in [1.165, 1.54) is 5.56 Å². The molecule has 0 amide bonds. The lowest BCUT2D eigenvalue weighted by Crippen LogP contribution is -2.09. The monoisotopic (exact) mass is 819 g/mol. The molecule has 0 aliphatic rings. The normalized spacial score (nSPS) is 11.8. The first-order valence-corrected chi connectivity index (χ1v) is 21.6. The van der Waals surface area contributed by atoms with E-state index in [1.807, 2.05) is 42.5 Å². The summed E-state index contributed by atoms with van der Waals surface area (Å²) in [6.45, 7) is 0. The van der Waals surface area contributed by atoms with Gasteiger partial charge in [-0.1, -0.05) is 140 Å². The summed E-state index contributed by atoms with van der Waals surface area (Å²) in [5.41, 5.74) is 17.6. The standard InChI is InChI=1S/C60H37NO3/c1-2-10-38(11-3-1)42-26-34-49-50-35-27-43(37-58(50)64-57(49)36-42)39-20-28-44(29-21-39)61(45-30-22-40(23-31-45)47-14-8-18-55-59(47)51-12-4-6-16-53(51)62-55)46-32-24-41(25-33-46)48-15-9-19-56-60(48)52-13-5-7-17-54(52)63-56/h1-37H. The number of hydrogen-bond acceptors (Lipinski definition) is 4. The van der Waals surface area contributed by atoms with Crippen molar-refractivity contribution in [2.45, 2.75) is 0 Å². The number of rotatable bonds is 7. The third-order valence-electron chi connectivity index (χ3n) is 12.7. The Morgan fingerprint density at radius 2 is 0.609 bits per heavy atom. The molecule has 0 N–H and O–H groups in total. The van der Waals surface area contributed by atoms with Crippen molar-refractivity contribution in [2.24, 2.45) is 0 Å². The summed E-state index contributed by atoms with van der Waals surface area (Å²) in [5.74, 6) is 0. The summed E-state index contributed by atoms with van der Waals surface area (Å²) < 4.78 is 19.0. The van der Waals surface area contributed by atoms with Gasteiger partial charge < -0.3 is 18.2 Å². The van der Waals surface area contributed by atoms with Crippen LogP contribution in [0.2, 0.25) is 0 Å². The van der Waals surface area contributed by atoms with Crippen LogP contribution in [0, 0.1) is 0 Å². The third kappa shape index (κ3) is 5.92. The quantitative estimate of drug-likeness (QED) is 0.161. The highest BCUT2D eigenvalue weighted by atomic mass is 16.3. The molecule has 64 heavy (non-hydrogen) atoms. The van der Waals surface area contributed by atoms with Crippen molar-refractivity contribution < 1.29 is 13.3 Å². The van der Waals surface area contributed by atoms with E-state index in [4.69, 9.17) is 13.3 Å². The highest BCUT2D eigenvalue weighted by Gasteiger charge is 2.18. The fourth-order valence-corrected chi connectivity index (χ4v) is 9.63. The molecule has 300 valence electrons. The van der Waals surface area contributed by atoms with Crippen LogP contribution >= 0.6 is 0 Å². The average Bonchev–Trinajstić information content (AvgIpc) is 4.06. The summed E-state index contributed by atoms with van der Waals surface area (Å²) in [6.07, 6.45) is 0. The van der Waals surface area contributed by atoms with Crippen LogP contribution in [0.25, 0.3) is 110 Å². The Morgan fingerprint density at radius 3 is 1.09 bits per heavy atom. The predicted molar refractivity (Wildman–Crippen MR) is 265 cm³/mol. The Kier molecular flexibility index (Phi) is 8.18. The van der Waals surface area contributed by atoms with Crippen molar-refractivity contribution >= 4 is 82.9 Å². The van der Waals surface area contributed by atoms with E-state index < -0.39 is 0 Å². The second kappa shape index (κ2) is 14.5. The van der Waals surface area contributed by atoms with Crippen LogP contribution < -0.4 is 4.90 Å². The van der Waals surface area contributed by atoms with Crippen LogP contribution in [-0.2, 0) is 0 Å². The van der Waals surface area contributed by atoms with Crippen molar-refractivity contribution in [1.29, 1.82) is 0 Å². The molecule has 4 heteroatoms. The Bertz CT molecular complexity index is 3720. The molecule has 3 heterocycles. The molecule has 13 rings (SSSR count). The first-order chi connectivity index (χ1) is 31.7. The molecule has 3 aromatic heterocycles. The zero-order chi connectivity index (χ0) is 42.1. The van der Waals surface area contributed by atoms with Crippen molar-refractivity contribution in [3.63, 3.8) is 0 Å². The summed E-state index contributed by atoms with van der Waals surface area (Å²) in [4.78, 5) is 2.33. The smallest absolute Gasteiger partial charge is 0.136 e. The van der Waals surface area contributed by atoms with E-state index in [0.29, 0.717) is 0 Å². The molecule has 0 fully saturated rings. The molecule has 0 atom stereocenters. The maximum atomic E-state index is 6.50. The van der Waals surface area contributed by atoms with Crippen molar-refractivity contribution in [1.82, 2.24) is 0 Å². The molecule has 0 radical (unpaired) electrons. The number of fused-ring (bicyclic) bond motifs is 9. The zero-order valence-electron chi connectivity index (χ0n) is 34.5. The van der Waals surface area contributed by atoms with Crippen molar-refractivity contribution in [2.75, 3.05) is 4.90 Å². The van der Waals surface area contributed by atoms with Gasteiger partial charge in [-0.2, -0.15) is 0 Å². The first kappa shape index (κ1) is 36.1. The number of hydrogen-bond donors (Lipinski definition) is 0. The highest BCUT2D eigenvalue weighted by molar-refractivity contribution is 6.14. The van der Waals surface area contributed by atoms with Crippen LogP contribution in [0.3, 0.4) is 0 Å². The largest absolute Gasteiger partial charge is 0.456 e. The summed E-state index contributed by atoms with van der Waals surface area (Å²) >= 11 is 0. The van der Waals surface area contributed by atoms with E-state index in [1.54, 1.807) is 0 Å². The van der Waals surface area contributed by atoms with Gasteiger partial charge in [-0.25, -0.2) is 0 Å². The number of furan rings is 3. The maximum Gasteiger partial charge on any atom is 0.136 e.